The van der Waals surface area contributed by atoms with Crippen molar-refractivity contribution in [3.8, 4) is 0 Å². The highest BCUT2D eigenvalue weighted by Gasteiger charge is 2.66. The molecule has 2 aliphatic carbocycles. The second kappa shape index (κ2) is 6.20. The number of carbonyl (C=O) groups is 3. The second-order valence-corrected chi connectivity index (χ2v) is 8.90. The van der Waals surface area contributed by atoms with Crippen molar-refractivity contribution in [3.63, 3.8) is 0 Å². The summed E-state index contributed by atoms with van der Waals surface area (Å²) in [5, 5.41) is 0. The standard InChI is InChI=1S/C18H17Br2NO4/c1-2-25-18(24)8-3-5-9(6-4-8)21-16(22)12-10-7-11(13(12)17(21)23)15(20)14(10)19/h3-6,10-15H,2,7H2,1H3. The number of alkyl halides is 2. The molecule has 6 atom stereocenters. The van der Waals surface area contributed by atoms with Crippen molar-refractivity contribution >= 4 is 55.3 Å². The van der Waals surface area contributed by atoms with Crippen molar-refractivity contribution in [2.45, 2.75) is 23.0 Å². The van der Waals surface area contributed by atoms with Gasteiger partial charge in [-0.05, 0) is 49.4 Å². The summed E-state index contributed by atoms with van der Waals surface area (Å²) in [6.07, 6.45) is 0.911. The fourth-order valence-electron chi connectivity index (χ4n) is 4.56. The summed E-state index contributed by atoms with van der Waals surface area (Å²) in [7, 11) is 0. The minimum Gasteiger partial charge on any atom is -0.462 e. The van der Waals surface area contributed by atoms with E-state index in [-0.39, 0.29) is 45.1 Å². The minimum atomic E-state index is -0.410. The molecule has 3 fully saturated rings. The van der Waals surface area contributed by atoms with E-state index in [1.54, 1.807) is 31.2 Å². The van der Waals surface area contributed by atoms with E-state index in [4.69, 9.17) is 4.74 Å². The lowest BCUT2D eigenvalue weighted by atomic mass is 9.81. The largest absolute Gasteiger partial charge is 0.462 e. The number of ether oxygens (including phenoxy) is 1. The van der Waals surface area contributed by atoms with Gasteiger partial charge in [-0.25, -0.2) is 4.79 Å². The van der Waals surface area contributed by atoms with E-state index in [9.17, 15) is 14.4 Å². The smallest absolute Gasteiger partial charge is 0.338 e. The van der Waals surface area contributed by atoms with Crippen molar-refractivity contribution in [2.75, 3.05) is 11.5 Å². The molecule has 0 aromatic heterocycles. The maximum Gasteiger partial charge on any atom is 0.338 e. The summed E-state index contributed by atoms with van der Waals surface area (Å²) in [5.74, 6) is -0.724. The zero-order valence-electron chi connectivity index (χ0n) is 13.5. The highest BCUT2D eigenvalue weighted by atomic mass is 79.9. The van der Waals surface area contributed by atoms with Gasteiger partial charge in [0, 0.05) is 9.65 Å². The first-order valence-corrected chi connectivity index (χ1v) is 10.2. The number of carbonyl (C=O) groups excluding carboxylic acids is 3. The Labute approximate surface area is 162 Å². The molecule has 1 aromatic rings. The third kappa shape index (κ3) is 2.42. The number of nitrogens with zero attached hydrogens (tertiary/aromatic N) is 1. The van der Waals surface area contributed by atoms with Gasteiger partial charge in [0.25, 0.3) is 0 Å². The normalized spacial score (nSPS) is 36.0. The van der Waals surface area contributed by atoms with Crippen LogP contribution in [0.3, 0.4) is 0 Å². The zero-order chi connectivity index (χ0) is 17.9. The molecule has 1 heterocycles. The number of benzene rings is 1. The Hall–Kier alpha value is -1.21. The zero-order valence-corrected chi connectivity index (χ0v) is 16.7. The molecule has 2 bridgehead atoms. The van der Waals surface area contributed by atoms with Crippen molar-refractivity contribution < 1.29 is 19.1 Å². The highest BCUT2D eigenvalue weighted by Crippen LogP contribution is 2.60. The van der Waals surface area contributed by atoms with Crippen LogP contribution in [0.2, 0.25) is 0 Å². The molecule has 1 aliphatic heterocycles. The number of esters is 1. The minimum absolute atomic E-state index is 0.116. The molecule has 0 radical (unpaired) electrons. The van der Waals surface area contributed by atoms with Crippen LogP contribution >= 0.6 is 31.9 Å². The van der Waals surface area contributed by atoms with Gasteiger partial charge in [-0.3, -0.25) is 14.5 Å². The number of imide groups is 1. The van der Waals surface area contributed by atoms with E-state index >= 15 is 0 Å². The van der Waals surface area contributed by atoms with E-state index in [2.05, 4.69) is 31.9 Å². The Morgan fingerprint density at radius 3 is 2.08 bits per heavy atom. The van der Waals surface area contributed by atoms with E-state index < -0.39 is 5.97 Å². The quantitative estimate of drug-likeness (QED) is 0.386. The Balaban J connectivity index is 1.61. The van der Waals surface area contributed by atoms with Crippen LogP contribution in [0.25, 0.3) is 0 Å². The van der Waals surface area contributed by atoms with Crippen LogP contribution < -0.4 is 4.90 Å². The van der Waals surface area contributed by atoms with Crippen LogP contribution in [0.15, 0.2) is 24.3 Å². The summed E-state index contributed by atoms with van der Waals surface area (Å²) in [5.41, 5.74) is 0.931. The number of fused-ring (bicyclic) bond motifs is 5. The lowest BCUT2D eigenvalue weighted by Crippen LogP contribution is -2.37. The molecule has 5 nitrogen and oxygen atoms in total. The van der Waals surface area contributed by atoms with Crippen LogP contribution in [0.5, 0.6) is 0 Å². The lowest BCUT2D eigenvalue weighted by Gasteiger charge is -2.28. The van der Waals surface area contributed by atoms with Gasteiger partial charge < -0.3 is 4.74 Å². The molecular formula is C18H17Br2NO4. The lowest BCUT2D eigenvalue weighted by molar-refractivity contribution is -0.123. The predicted molar refractivity (Wildman–Crippen MR) is 98.9 cm³/mol. The summed E-state index contributed by atoms with van der Waals surface area (Å²) < 4.78 is 4.96. The van der Waals surface area contributed by atoms with E-state index in [0.717, 1.165) is 6.42 Å². The fraction of sp³-hybridized carbons (Fsp3) is 0.500. The number of rotatable bonds is 3. The molecule has 4 rings (SSSR count). The van der Waals surface area contributed by atoms with Crippen LogP contribution in [0, 0.1) is 23.7 Å². The van der Waals surface area contributed by atoms with Gasteiger partial charge in [-0.1, -0.05) is 31.9 Å². The Morgan fingerprint density at radius 2 is 1.60 bits per heavy atom. The van der Waals surface area contributed by atoms with Crippen LogP contribution in [0.1, 0.15) is 23.7 Å². The van der Waals surface area contributed by atoms with Crippen molar-refractivity contribution in [2.24, 2.45) is 23.7 Å². The SMILES string of the molecule is CCOC(=O)c1ccc(N2C(=O)C3C4CC(C(Br)C4Br)C3C2=O)cc1. The molecule has 6 unspecified atom stereocenters. The summed E-state index contributed by atoms with van der Waals surface area (Å²) in [6, 6.07) is 6.47. The van der Waals surface area contributed by atoms with Crippen LogP contribution in [-0.4, -0.2) is 34.0 Å². The number of amides is 2. The molecule has 132 valence electrons. The Bertz CT molecular complexity index is 718. The van der Waals surface area contributed by atoms with Gasteiger partial charge >= 0.3 is 5.97 Å². The molecule has 2 saturated carbocycles. The van der Waals surface area contributed by atoms with E-state index in [1.807, 2.05) is 0 Å². The summed E-state index contributed by atoms with van der Waals surface area (Å²) in [6.45, 7) is 2.05. The average molecular weight is 471 g/mol. The second-order valence-electron chi connectivity index (χ2n) is 6.78. The number of hydrogen-bond donors (Lipinski definition) is 0. The molecule has 0 spiro atoms. The Kier molecular flexibility index (Phi) is 4.27. The highest BCUT2D eigenvalue weighted by molar-refractivity contribution is 9.12. The fourth-order valence-corrected chi connectivity index (χ4v) is 6.44. The van der Waals surface area contributed by atoms with E-state index in [1.165, 1.54) is 4.90 Å². The first-order valence-electron chi connectivity index (χ1n) is 8.38. The molecule has 1 saturated heterocycles. The third-order valence-electron chi connectivity index (χ3n) is 5.62. The molecular weight excluding hydrogens is 454 g/mol. The molecule has 2 amide bonds. The molecule has 25 heavy (non-hydrogen) atoms. The van der Waals surface area contributed by atoms with Crippen LogP contribution in [0.4, 0.5) is 5.69 Å². The molecule has 1 aromatic carbocycles. The predicted octanol–water partition coefficient (Wildman–Crippen LogP) is 3.15. The molecule has 0 N–H and O–H groups in total. The summed E-state index contributed by atoms with van der Waals surface area (Å²) >= 11 is 7.36. The van der Waals surface area contributed by atoms with Gasteiger partial charge in [0.2, 0.25) is 11.8 Å². The number of hydrogen-bond acceptors (Lipinski definition) is 4. The monoisotopic (exact) mass is 469 g/mol. The third-order valence-corrected chi connectivity index (χ3v) is 8.83. The molecule has 3 aliphatic rings. The van der Waals surface area contributed by atoms with Gasteiger partial charge in [-0.15, -0.1) is 0 Å². The maximum atomic E-state index is 12.9. The van der Waals surface area contributed by atoms with Gasteiger partial charge in [-0.2, -0.15) is 0 Å². The first kappa shape index (κ1) is 17.2. The number of anilines is 1. The Morgan fingerprint density at radius 1 is 1.08 bits per heavy atom. The molecule has 7 heteroatoms. The van der Waals surface area contributed by atoms with E-state index in [0.29, 0.717) is 17.9 Å². The number of halogens is 2. The van der Waals surface area contributed by atoms with Crippen molar-refractivity contribution in [3.05, 3.63) is 29.8 Å². The van der Waals surface area contributed by atoms with Gasteiger partial charge in [0.05, 0.1) is 29.7 Å². The van der Waals surface area contributed by atoms with Gasteiger partial charge in [0.15, 0.2) is 0 Å². The van der Waals surface area contributed by atoms with Gasteiger partial charge in [0.1, 0.15) is 0 Å². The maximum absolute atomic E-state index is 12.9. The first-order chi connectivity index (χ1) is 12.0. The summed E-state index contributed by atoms with van der Waals surface area (Å²) in [4.78, 5) is 39.4. The van der Waals surface area contributed by atoms with Crippen molar-refractivity contribution in [1.82, 2.24) is 0 Å². The van der Waals surface area contributed by atoms with Crippen LogP contribution in [-0.2, 0) is 14.3 Å². The van der Waals surface area contributed by atoms with Crippen molar-refractivity contribution in [1.29, 1.82) is 0 Å². The average Bonchev–Trinajstić information content (AvgIpc) is 3.20. The topological polar surface area (TPSA) is 63.7 Å².